The maximum Gasteiger partial charge on any atom is 0.331 e. The van der Waals surface area contributed by atoms with Crippen molar-refractivity contribution in [3.05, 3.63) is 35.1 Å². The number of urea groups is 1. The molecular weight excluding hydrogens is 452 g/mol. The van der Waals surface area contributed by atoms with Crippen LogP contribution in [0.2, 0.25) is 0 Å². The Morgan fingerprint density at radius 3 is 2.42 bits per heavy atom. The third-order valence-electron chi connectivity index (χ3n) is 5.83. The van der Waals surface area contributed by atoms with Gasteiger partial charge in [0, 0.05) is 29.4 Å². The molecule has 0 spiro atoms. The standard InChI is InChI=1S/C23H31F2N3O4S/c1-12(2)28-21(30)16(20(29)26-22(28)31)11-18(25)19(27-33(32)23(3,4)5)15-10-14(13-6-7-13)8-9-17(15)24/h8-10,12-13,16,18-19,27H,6-7,11H2,1-5H3,(H,26,29,31)/t16-,18-,19+,33-/m1/s1. The van der Waals surface area contributed by atoms with Crippen LogP contribution in [-0.2, 0) is 21.0 Å². The number of barbiturate groups is 1. The number of rotatable bonds is 8. The zero-order valence-corrected chi connectivity index (χ0v) is 20.3. The minimum atomic E-state index is -1.93. The number of carbonyl (C=O) groups excluding carboxylic acids is 3. The van der Waals surface area contributed by atoms with E-state index in [2.05, 4.69) is 10.0 Å². The number of hydrogen-bond acceptors (Lipinski definition) is 5. The van der Waals surface area contributed by atoms with E-state index in [0.29, 0.717) is 0 Å². The summed E-state index contributed by atoms with van der Waals surface area (Å²) in [5.41, 5.74) is 0.875. The highest BCUT2D eigenvalue weighted by Gasteiger charge is 2.45. The van der Waals surface area contributed by atoms with E-state index in [1.165, 1.54) is 6.07 Å². The summed E-state index contributed by atoms with van der Waals surface area (Å²) < 4.78 is 45.4. The van der Waals surface area contributed by atoms with Crippen LogP contribution in [0.3, 0.4) is 0 Å². The van der Waals surface area contributed by atoms with Crippen molar-refractivity contribution in [3.8, 4) is 0 Å². The van der Waals surface area contributed by atoms with Gasteiger partial charge in [0.05, 0.1) is 0 Å². The summed E-state index contributed by atoms with van der Waals surface area (Å²) in [6.45, 7) is 8.30. The van der Waals surface area contributed by atoms with Gasteiger partial charge in [0.15, 0.2) is 0 Å². The van der Waals surface area contributed by atoms with Crippen LogP contribution in [0.25, 0.3) is 0 Å². The van der Waals surface area contributed by atoms with Gasteiger partial charge >= 0.3 is 6.03 Å². The molecule has 33 heavy (non-hydrogen) atoms. The van der Waals surface area contributed by atoms with Gasteiger partial charge in [0.1, 0.15) is 28.7 Å². The minimum Gasteiger partial charge on any atom is -0.598 e. The van der Waals surface area contributed by atoms with Gasteiger partial charge in [-0.1, -0.05) is 12.1 Å². The summed E-state index contributed by atoms with van der Waals surface area (Å²) in [6, 6.07) is 1.77. The largest absolute Gasteiger partial charge is 0.598 e. The molecule has 1 saturated heterocycles. The van der Waals surface area contributed by atoms with E-state index in [1.54, 1.807) is 46.8 Å². The number of halogens is 2. The number of nitrogens with zero attached hydrogens (tertiary/aromatic N) is 1. The molecule has 2 fully saturated rings. The maximum absolute atomic E-state index is 15.8. The fourth-order valence-corrected chi connectivity index (χ4v) is 4.65. The summed E-state index contributed by atoms with van der Waals surface area (Å²) in [6.07, 6.45) is -0.590. The normalized spacial score (nSPS) is 22.4. The Hall–Kier alpha value is -2.04. The van der Waals surface area contributed by atoms with E-state index in [9.17, 15) is 23.3 Å². The summed E-state index contributed by atoms with van der Waals surface area (Å²) in [4.78, 5) is 38.1. The molecule has 1 aromatic rings. The molecule has 182 valence electrons. The van der Waals surface area contributed by atoms with Gasteiger partial charge in [-0.3, -0.25) is 19.8 Å². The first kappa shape index (κ1) is 25.6. The van der Waals surface area contributed by atoms with Crippen LogP contribution in [0.1, 0.15) is 77.0 Å². The van der Waals surface area contributed by atoms with Crippen molar-refractivity contribution in [1.82, 2.24) is 14.9 Å². The Labute approximate surface area is 196 Å². The number of alkyl halides is 1. The van der Waals surface area contributed by atoms with Crippen LogP contribution < -0.4 is 10.0 Å². The SMILES string of the molecule is CC(C)N1C(=O)NC(=O)[C@@H](C[C@@H](F)[C@@H](N[S@+]([O-])C(C)(C)C)c2cc(C3CC3)ccc2F)C1=O. The molecule has 7 nitrogen and oxygen atoms in total. The second-order valence-electron chi connectivity index (χ2n) is 9.93. The molecule has 4 amide bonds. The molecule has 1 heterocycles. The average molecular weight is 484 g/mol. The number of hydrogen-bond donors (Lipinski definition) is 2. The average Bonchev–Trinajstić information content (AvgIpc) is 3.53. The van der Waals surface area contributed by atoms with Crippen LogP contribution in [0.5, 0.6) is 0 Å². The van der Waals surface area contributed by atoms with Crippen LogP contribution in [-0.4, -0.2) is 44.3 Å². The molecule has 1 aliphatic carbocycles. The van der Waals surface area contributed by atoms with Crippen molar-refractivity contribution < 1.29 is 27.7 Å². The van der Waals surface area contributed by atoms with E-state index in [0.717, 1.165) is 23.3 Å². The maximum atomic E-state index is 15.8. The number of benzene rings is 1. The Morgan fingerprint density at radius 2 is 1.88 bits per heavy atom. The van der Waals surface area contributed by atoms with Gasteiger partial charge in [-0.05, 0) is 65.0 Å². The summed E-state index contributed by atoms with van der Waals surface area (Å²) in [7, 11) is 0. The smallest absolute Gasteiger partial charge is 0.331 e. The van der Waals surface area contributed by atoms with Gasteiger partial charge < -0.3 is 4.55 Å². The fourth-order valence-electron chi connectivity index (χ4n) is 3.79. The lowest BCUT2D eigenvalue weighted by Crippen LogP contribution is -2.60. The van der Waals surface area contributed by atoms with Gasteiger partial charge in [-0.25, -0.2) is 13.6 Å². The van der Waals surface area contributed by atoms with Crippen molar-refractivity contribution in [2.24, 2.45) is 5.92 Å². The first-order valence-corrected chi connectivity index (χ1v) is 12.3. The summed E-state index contributed by atoms with van der Waals surface area (Å²) in [5.74, 6) is -3.53. The van der Waals surface area contributed by atoms with Gasteiger partial charge in [-0.2, -0.15) is 0 Å². The summed E-state index contributed by atoms with van der Waals surface area (Å²) in [5, 5.41) is 2.09. The summed E-state index contributed by atoms with van der Waals surface area (Å²) >= 11 is -1.75. The third kappa shape index (κ3) is 5.73. The van der Waals surface area contributed by atoms with Gasteiger partial charge in [0.25, 0.3) is 0 Å². The van der Waals surface area contributed by atoms with Gasteiger partial charge in [0.2, 0.25) is 11.8 Å². The van der Waals surface area contributed by atoms with E-state index in [1.807, 2.05) is 0 Å². The molecule has 0 aromatic heterocycles. The highest BCUT2D eigenvalue weighted by atomic mass is 32.2. The molecule has 0 bridgehead atoms. The van der Waals surface area contributed by atoms with Crippen LogP contribution >= 0.6 is 0 Å². The first-order chi connectivity index (χ1) is 15.3. The monoisotopic (exact) mass is 483 g/mol. The lowest BCUT2D eigenvalue weighted by Gasteiger charge is -2.34. The molecule has 3 rings (SSSR count). The second kappa shape index (κ2) is 9.68. The number of amides is 4. The molecule has 1 aliphatic heterocycles. The molecule has 0 radical (unpaired) electrons. The molecular formula is C23H31F2N3O4S. The van der Waals surface area contributed by atoms with E-state index < -0.39 is 70.4 Å². The molecule has 0 unspecified atom stereocenters. The van der Waals surface area contributed by atoms with Gasteiger partial charge in [-0.15, -0.1) is 4.72 Å². The van der Waals surface area contributed by atoms with Crippen LogP contribution in [0.15, 0.2) is 18.2 Å². The van der Waals surface area contributed by atoms with Crippen molar-refractivity contribution >= 4 is 29.2 Å². The fraction of sp³-hybridized carbons (Fsp3) is 0.609. The number of imide groups is 2. The molecule has 2 N–H and O–H groups in total. The minimum absolute atomic E-state index is 0.00459. The molecule has 1 aromatic carbocycles. The Kier molecular flexibility index (Phi) is 7.50. The van der Waals surface area contributed by atoms with Crippen molar-refractivity contribution in [2.45, 2.75) is 82.8 Å². The quantitative estimate of drug-likeness (QED) is 0.434. The topological polar surface area (TPSA) is 102 Å². The highest BCUT2D eigenvalue weighted by molar-refractivity contribution is 7.90. The van der Waals surface area contributed by atoms with E-state index in [4.69, 9.17) is 0 Å². The zero-order chi connectivity index (χ0) is 24.7. The number of nitrogens with one attached hydrogen (secondary N) is 2. The predicted octanol–water partition coefficient (Wildman–Crippen LogP) is 3.63. The number of carbonyl (C=O) groups is 3. The third-order valence-corrected chi connectivity index (χ3v) is 7.41. The van der Waals surface area contributed by atoms with Crippen molar-refractivity contribution in [3.63, 3.8) is 0 Å². The molecule has 4 atom stereocenters. The lowest BCUT2D eigenvalue weighted by molar-refractivity contribution is -0.144. The van der Waals surface area contributed by atoms with Crippen LogP contribution in [0.4, 0.5) is 13.6 Å². The first-order valence-electron chi connectivity index (χ1n) is 11.1. The molecule has 2 aliphatic rings. The van der Waals surface area contributed by atoms with Crippen LogP contribution in [0, 0.1) is 11.7 Å². The molecule has 1 saturated carbocycles. The van der Waals surface area contributed by atoms with E-state index >= 15 is 4.39 Å². The Bertz CT molecular complexity index is 933. The second-order valence-corrected chi connectivity index (χ2v) is 11.9. The highest BCUT2D eigenvalue weighted by Crippen LogP contribution is 2.42. The zero-order valence-electron chi connectivity index (χ0n) is 19.5. The van der Waals surface area contributed by atoms with Crippen molar-refractivity contribution in [1.29, 1.82) is 0 Å². The molecule has 10 heteroatoms. The Morgan fingerprint density at radius 1 is 1.24 bits per heavy atom. The lowest BCUT2D eigenvalue weighted by atomic mass is 9.90. The van der Waals surface area contributed by atoms with Crippen molar-refractivity contribution in [2.75, 3.05) is 0 Å². The van der Waals surface area contributed by atoms with E-state index in [-0.39, 0.29) is 11.5 Å². The Balaban J connectivity index is 1.92. The predicted molar refractivity (Wildman–Crippen MR) is 121 cm³/mol.